The third kappa shape index (κ3) is 1.61. The molecule has 1 saturated heterocycles. The maximum absolute atomic E-state index is 4.23. The van der Waals surface area contributed by atoms with Gasteiger partial charge in [-0.15, -0.1) is 0 Å². The van der Waals surface area contributed by atoms with Gasteiger partial charge in [0.05, 0.1) is 18.2 Å². The minimum atomic E-state index is 0.437. The summed E-state index contributed by atoms with van der Waals surface area (Å²) in [6.45, 7) is 1.10. The van der Waals surface area contributed by atoms with Crippen molar-refractivity contribution in [2.45, 2.75) is 18.9 Å². The lowest BCUT2D eigenvalue weighted by Gasteiger charge is -2.14. The lowest BCUT2D eigenvalue weighted by Crippen LogP contribution is -2.14. The number of aromatic nitrogens is 3. The Balaban J connectivity index is 2.04. The molecule has 0 unspecified atom stereocenters. The summed E-state index contributed by atoms with van der Waals surface area (Å²) in [7, 11) is 0. The molecular weight excluding hydrogens is 200 g/mol. The number of rotatable bonds is 2. The fraction of sp³-hybridized carbons (Fsp3) is 0.333. The Bertz CT molecular complexity index is 458. The van der Waals surface area contributed by atoms with Crippen LogP contribution in [0.25, 0.3) is 11.3 Å². The standard InChI is InChI=1S/C12H14N4/c1-2-11(15-4-1)10-6-13-5-3-9(10)12-7-14-8-16-12/h3,5-8,11,15H,1-2,4H2,(H,14,16)/t11-/m0/s1. The summed E-state index contributed by atoms with van der Waals surface area (Å²) >= 11 is 0. The fourth-order valence-corrected chi connectivity index (χ4v) is 2.28. The Labute approximate surface area is 94.1 Å². The van der Waals surface area contributed by atoms with E-state index in [1.165, 1.54) is 24.0 Å². The number of nitrogens with one attached hydrogen (secondary N) is 2. The van der Waals surface area contributed by atoms with E-state index in [0.29, 0.717) is 6.04 Å². The number of hydrogen-bond acceptors (Lipinski definition) is 3. The molecule has 1 aliphatic rings. The molecule has 2 N–H and O–H groups in total. The highest BCUT2D eigenvalue weighted by atomic mass is 14.9. The number of hydrogen-bond donors (Lipinski definition) is 2. The van der Waals surface area contributed by atoms with Gasteiger partial charge < -0.3 is 10.3 Å². The van der Waals surface area contributed by atoms with Gasteiger partial charge in [-0.2, -0.15) is 0 Å². The minimum absolute atomic E-state index is 0.437. The maximum Gasteiger partial charge on any atom is 0.0924 e. The van der Waals surface area contributed by atoms with Gasteiger partial charge in [-0.3, -0.25) is 4.98 Å². The molecule has 1 fully saturated rings. The second-order valence-electron chi connectivity index (χ2n) is 4.08. The molecule has 0 aromatic carbocycles. The zero-order valence-electron chi connectivity index (χ0n) is 8.98. The van der Waals surface area contributed by atoms with Gasteiger partial charge in [-0.05, 0) is 31.0 Å². The van der Waals surface area contributed by atoms with Crippen LogP contribution in [0.5, 0.6) is 0 Å². The van der Waals surface area contributed by atoms with Gasteiger partial charge in [0.25, 0.3) is 0 Å². The first-order valence-corrected chi connectivity index (χ1v) is 5.61. The van der Waals surface area contributed by atoms with E-state index in [0.717, 1.165) is 12.2 Å². The Kier molecular flexibility index (Phi) is 2.42. The van der Waals surface area contributed by atoms with Crippen molar-refractivity contribution in [3.8, 4) is 11.3 Å². The van der Waals surface area contributed by atoms with Crippen molar-refractivity contribution >= 4 is 0 Å². The SMILES string of the molecule is c1cc(-c2cnc[nH]2)c([C@@H]2CCCN2)cn1. The van der Waals surface area contributed by atoms with Crippen molar-refractivity contribution in [3.05, 3.63) is 36.5 Å². The van der Waals surface area contributed by atoms with Crippen molar-refractivity contribution in [1.82, 2.24) is 20.3 Å². The number of nitrogens with zero attached hydrogens (tertiary/aromatic N) is 2. The van der Waals surface area contributed by atoms with Crippen molar-refractivity contribution in [1.29, 1.82) is 0 Å². The molecule has 1 aliphatic heterocycles. The summed E-state index contributed by atoms with van der Waals surface area (Å²) in [4.78, 5) is 11.4. The van der Waals surface area contributed by atoms with Crippen LogP contribution in [0.15, 0.2) is 31.0 Å². The molecule has 82 valence electrons. The van der Waals surface area contributed by atoms with Crippen LogP contribution in [-0.2, 0) is 0 Å². The fourth-order valence-electron chi connectivity index (χ4n) is 2.28. The van der Waals surface area contributed by atoms with Gasteiger partial charge >= 0.3 is 0 Å². The van der Waals surface area contributed by atoms with E-state index in [4.69, 9.17) is 0 Å². The number of aromatic amines is 1. The van der Waals surface area contributed by atoms with Crippen molar-refractivity contribution < 1.29 is 0 Å². The zero-order valence-corrected chi connectivity index (χ0v) is 8.98. The van der Waals surface area contributed by atoms with Gasteiger partial charge in [-0.1, -0.05) is 0 Å². The molecule has 1 atom stereocenters. The summed E-state index contributed by atoms with van der Waals surface area (Å²) in [6, 6.07) is 2.48. The lowest BCUT2D eigenvalue weighted by atomic mass is 10.00. The molecule has 2 aromatic heterocycles. The van der Waals surface area contributed by atoms with E-state index in [9.17, 15) is 0 Å². The number of imidazole rings is 1. The molecule has 4 nitrogen and oxygen atoms in total. The Morgan fingerprint density at radius 2 is 2.25 bits per heavy atom. The first-order chi connectivity index (χ1) is 7.95. The van der Waals surface area contributed by atoms with Gasteiger partial charge in [0.2, 0.25) is 0 Å². The smallest absolute Gasteiger partial charge is 0.0924 e. The second kappa shape index (κ2) is 4.06. The summed E-state index contributed by atoms with van der Waals surface area (Å²) in [5.74, 6) is 0. The molecular formula is C12H14N4. The lowest BCUT2D eigenvalue weighted by molar-refractivity contribution is 0.646. The predicted octanol–water partition coefficient (Wildman–Crippen LogP) is 1.90. The highest BCUT2D eigenvalue weighted by Crippen LogP contribution is 2.30. The molecule has 0 bridgehead atoms. The quantitative estimate of drug-likeness (QED) is 0.802. The molecule has 0 saturated carbocycles. The van der Waals surface area contributed by atoms with Gasteiger partial charge in [0.15, 0.2) is 0 Å². The molecule has 0 radical (unpaired) electrons. The average Bonchev–Trinajstić information content (AvgIpc) is 3.03. The molecule has 16 heavy (non-hydrogen) atoms. The van der Waals surface area contributed by atoms with Crippen LogP contribution in [0.1, 0.15) is 24.4 Å². The molecule has 3 heterocycles. The van der Waals surface area contributed by atoms with E-state index in [1.54, 1.807) is 6.33 Å². The molecule has 0 aliphatic carbocycles. The minimum Gasteiger partial charge on any atom is -0.345 e. The summed E-state index contributed by atoms with van der Waals surface area (Å²) in [5, 5.41) is 3.50. The monoisotopic (exact) mass is 214 g/mol. The third-order valence-corrected chi connectivity index (χ3v) is 3.08. The third-order valence-electron chi connectivity index (χ3n) is 3.08. The summed E-state index contributed by atoms with van der Waals surface area (Å²) < 4.78 is 0. The average molecular weight is 214 g/mol. The van der Waals surface area contributed by atoms with E-state index < -0.39 is 0 Å². The van der Waals surface area contributed by atoms with Crippen LogP contribution in [0.4, 0.5) is 0 Å². The van der Waals surface area contributed by atoms with Crippen LogP contribution in [0.3, 0.4) is 0 Å². The number of pyridine rings is 1. The van der Waals surface area contributed by atoms with Crippen molar-refractivity contribution in [3.63, 3.8) is 0 Å². The summed E-state index contributed by atoms with van der Waals surface area (Å²) in [5.41, 5.74) is 3.53. The van der Waals surface area contributed by atoms with Crippen molar-refractivity contribution in [2.75, 3.05) is 6.54 Å². The molecule has 0 amide bonds. The maximum atomic E-state index is 4.23. The van der Waals surface area contributed by atoms with Crippen molar-refractivity contribution in [2.24, 2.45) is 0 Å². The normalized spacial score (nSPS) is 20.1. The molecule has 3 rings (SSSR count). The van der Waals surface area contributed by atoms with Crippen LogP contribution < -0.4 is 5.32 Å². The van der Waals surface area contributed by atoms with Crippen LogP contribution in [0, 0.1) is 0 Å². The van der Waals surface area contributed by atoms with Crippen LogP contribution in [0.2, 0.25) is 0 Å². The largest absolute Gasteiger partial charge is 0.345 e. The van der Waals surface area contributed by atoms with Gasteiger partial charge in [0.1, 0.15) is 0 Å². The number of H-pyrrole nitrogens is 1. The van der Waals surface area contributed by atoms with Crippen LogP contribution in [-0.4, -0.2) is 21.5 Å². The molecule has 4 heteroatoms. The van der Waals surface area contributed by atoms with Crippen LogP contribution >= 0.6 is 0 Å². The highest BCUT2D eigenvalue weighted by molar-refractivity contribution is 5.62. The zero-order chi connectivity index (χ0) is 10.8. The van der Waals surface area contributed by atoms with E-state index >= 15 is 0 Å². The molecule has 2 aromatic rings. The van der Waals surface area contributed by atoms with E-state index in [2.05, 4.69) is 20.3 Å². The Morgan fingerprint density at radius 3 is 3.00 bits per heavy atom. The Hall–Kier alpha value is -1.68. The summed E-state index contributed by atoms with van der Waals surface area (Å²) in [6.07, 6.45) is 9.78. The Morgan fingerprint density at radius 1 is 1.25 bits per heavy atom. The van der Waals surface area contributed by atoms with E-state index in [-0.39, 0.29) is 0 Å². The van der Waals surface area contributed by atoms with E-state index in [1.807, 2.05) is 24.7 Å². The second-order valence-corrected chi connectivity index (χ2v) is 4.08. The first-order valence-electron chi connectivity index (χ1n) is 5.61. The first kappa shape index (κ1) is 9.54. The molecule has 0 spiro atoms. The topological polar surface area (TPSA) is 53.6 Å². The van der Waals surface area contributed by atoms with Gasteiger partial charge in [-0.25, -0.2) is 4.98 Å². The predicted molar refractivity (Wildman–Crippen MR) is 61.8 cm³/mol. The highest BCUT2D eigenvalue weighted by Gasteiger charge is 2.20. The van der Waals surface area contributed by atoms with Gasteiger partial charge in [0, 0.05) is 24.0 Å².